The molecule has 0 unspecified atom stereocenters. The molecule has 0 radical (unpaired) electrons. The van der Waals surface area contributed by atoms with Crippen LogP contribution in [0.4, 0.5) is 10.8 Å². The van der Waals surface area contributed by atoms with Crippen LogP contribution in [0, 0.1) is 5.92 Å². The van der Waals surface area contributed by atoms with Gasteiger partial charge in [-0.2, -0.15) is 0 Å². The highest BCUT2D eigenvalue weighted by Crippen LogP contribution is 2.28. The van der Waals surface area contributed by atoms with E-state index < -0.39 is 0 Å². The molecule has 3 heterocycles. The summed E-state index contributed by atoms with van der Waals surface area (Å²) < 4.78 is 1.96. The van der Waals surface area contributed by atoms with E-state index in [1.165, 1.54) is 5.56 Å². The van der Waals surface area contributed by atoms with E-state index in [2.05, 4.69) is 33.4 Å². The van der Waals surface area contributed by atoms with Crippen LogP contribution in [0.25, 0.3) is 5.13 Å². The Hall–Kier alpha value is -2.67. The number of nitrogens with one attached hydrogen (secondary N) is 1. The molecule has 1 aromatic carbocycles. The molecule has 1 N–H and O–H groups in total. The highest BCUT2D eigenvalue weighted by molar-refractivity contribution is 7.17. The molecule has 0 saturated carbocycles. The van der Waals surface area contributed by atoms with Crippen LogP contribution in [0.5, 0.6) is 0 Å². The van der Waals surface area contributed by atoms with Gasteiger partial charge >= 0.3 is 0 Å². The quantitative estimate of drug-likeness (QED) is 0.731. The number of nitrogens with zero attached hydrogens (tertiary/aromatic N) is 4. The van der Waals surface area contributed by atoms with E-state index >= 15 is 0 Å². The summed E-state index contributed by atoms with van der Waals surface area (Å²) in [5.41, 5.74) is 2.09. The monoisotopic (exact) mass is 381 g/mol. The summed E-state index contributed by atoms with van der Waals surface area (Å²) in [6, 6.07) is 12.0. The van der Waals surface area contributed by atoms with Crippen molar-refractivity contribution >= 4 is 28.1 Å². The second-order valence-corrected chi connectivity index (χ2v) is 7.68. The Morgan fingerprint density at radius 1 is 1.19 bits per heavy atom. The molecule has 1 saturated heterocycles. The van der Waals surface area contributed by atoms with Gasteiger partial charge < -0.3 is 10.2 Å². The van der Waals surface area contributed by atoms with E-state index in [4.69, 9.17) is 0 Å². The third-order valence-electron chi connectivity index (χ3n) is 4.95. The normalized spacial score (nSPS) is 17.1. The van der Waals surface area contributed by atoms with Crippen molar-refractivity contribution in [3.63, 3.8) is 0 Å². The van der Waals surface area contributed by atoms with Gasteiger partial charge in [0.1, 0.15) is 0 Å². The maximum absolute atomic E-state index is 12.8. The zero-order valence-electron chi connectivity index (χ0n) is 15.3. The largest absolute Gasteiger partial charge is 0.346 e. The number of carbonyl (C=O) groups excluding carboxylic acids is 1. The number of para-hydroxylation sites is 1. The predicted molar refractivity (Wildman–Crippen MR) is 109 cm³/mol. The van der Waals surface area contributed by atoms with Crippen molar-refractivity contribution in [3.05, 3.63) is 54.4 Å². The maximum atomic E-state index is 12.8. The molecule has 0 aliphatic carbocycles. The second kappa shape index (κ2) is 7.92. The van der Waals surface area contributed by atoms with E-state index in [0.717, 1.165) is 41.8 Å². The van der Waals surface area contributed by atoms with Gasteiger partial charge in [0.15, 0.2) is 0 Å². The number of anilines is 2. The summed E-state index contributed by atoms with van der Waals surface area (Å²) in [5, 5.41) is 13.5. The maximum Gasteiger partial charge on any atom is 0.229 e. The van der Waals surface area contributed by atoms with Gasteiger partial charge in [0.25, 0.3) is 0 Å². The van der Waals surface area contributed by atoms with Crippen LogP contribution in [-0.4, -0.2) is 33.8 Å². The first kappa shape index (κ1) is 17.7. The zero-order chi connectivity index (χ0) is 18.6. The van der Waals surface area contributed by atoms with Crippen molar-refractivity contribution in [2.45, 2.75) is 26.2 Å². The third kappa shape index (κ3) is 3.88. The Labute approximate surface area is 162 Å². The first-order valence-electron chi connectivity index (χ1n) is 9.35. The summed E-state index contributed by atoms with van der Waals surface area (Å²) in [6.07, 6.45) is 6.70. The van der Waals surface area contributed by atoms with Gasteiger partial charge in [-0.25, -0.2) is 0 Å². The number of piperidine rings is 1. The Bertz CT molecular complexity index is 905. The fourth-order valence-electron chi connectivity index (χ4n) is 3.45. The number of aromatic nitrogens is 3. The Balaban J connectivity index is 1.44. The van der Waals surface area contributed by atoms with E-state index in [-0.39, 0.29) is 11.8 Å². The minimum Gasteiger partial charge on any atom is -0.346 e. The first-order valence-corrected chi connectivity index (χ1v) is 10.2. The van der Waals surface area contributed by atoms with Crippen molar-refractivity contribution in [1.29, 1.82) is 0 Å². The molecule has 3 aromatic rings. The highest BCUT2D eigenvalue weighted by atomic mass is 32.1. The number of amides is 1. The fraction of sp³-hybridized carbons (Fsp3) is 0.350. The summed E-state index contributed by atoms with van der Waals surface area (Å²) in [6.45, 7) is 3.70. The van der Waals surface area contributed by atoms with Crippen molar-refractivity contribution in [2.75, 3.05) is 23.3 Å². The molecule has 1 amide bonds. The number of aryl methyl sites for hydroxylation is 1. The Morgan fingerprint density at radius 3 is 2.78 bits per heavy atom. The van der Waals surface area contributed by atoms with E-state index in [9.17, 15) is 4.79 Å². The van der Waals surface area contributed by atoms with Crippen molar-refractivity contribution < 1.29 is 4.79 Å². The number of hydrogen-bond donors (Lipinski definition) is 1. The number of hydrogen-bond acceptors (Lipinski definition) is 5. The third-order valence-corrected chi connectivity index (χ3v) is 5.95. The second-order valence-electron chi connectivity index (χ2n) is 6.74. The standard InChI is InChI=1S/C20H23N5OS/c1-2-15-8-3-4-10-17(15)21-18(26)16-9-7-13-25(14-16)20-23-22-19(27-20)24-11-5-6-12-24/h3-6,8,10-12,16H,2,7,9,13-14H2,1H3,(H,21,26)/t16-/m0/s1. The van der Waals surface area contributed by atoms with Crippen molar-refractivity contribution in [2.24, 2.45) is 5.92 Å². The molecule has 4 rings (SSSR count). The molecule has 0 bridgehead atoms. The molecule has 1 atom stereocenters. The summed E-state index contributed by atoms with van der Waals surface area (Å²) in [5.74, 6) is 0.0540. The van der Waals surface area contributed by atoms with Crippen LogP contribution >= 0.6 is 11.3 Å². The van der Waals surface area contributed by atoms with Gasteiger partial charge in [-0.15, -0.1) is 10.2 Å². The molecule has 6 nitrogen and oxygen atoms in total. The van der Waals surface area contributed by atoms with Gasteiger partial charge in [0.2, 0.25) is 16.2 Å². The minimum absolute atomic E-state index is 0.0393. The predicted octanol–water partition coefficient (Wildman–Crippen LogP) is 3.75. The molecule has 1 aliphatic rings. The smallest absolute Gasteiger partial charge is 0.229 e. The van der Waals surface area contributed by atoms with E-state index in [1.807, 2.05) is 47.3 Å². The van der Waals surface area contributed by atoms with Crippen molar-refractivity contribution in [1.82, 2.24) is 14.8 Å². The lowest BCUT2D eigenvalue weighted by molar-refractivity contribution is -0.120. The zero-order valence-corrected chi connectivity index (χ0v) is 16.2. The summed E-state index contributed by atoms with van der Waals surface area (Å²) in [7, 11) is 0. The average Bonchev–Trinajstić information content (AvgIpc) is 3.40. The molecular formula is C20H23N5OS. The number of carbonyl (C=O) groups is 1. The Morgan fingerprint density at radius 2 is 1.96 bits per heavy atom. The number of rotatable bonds is 5. The average molecular weight is 382 g/mol. The fourth-order valence-corrected chi connectivity index (χ4v) is 4.30. The van der Waals surface area contributed by atoms with Gasteiger partial charge in [-0.1, -0.05) is 36.5 Å². The van der Waals surface area contributed by atoms with Crippen LogP contribution in [0.3, 0.4) is 0 Å². The molecule has 1 aliphatic heterocycles. The van der Waals surface area contributed by atoms with Gasteiger partial charge in [-0.05, 0) is 43.0 Å². The topological polar surface area (TPSA) is 63.1 Å². The summed E-state index contributed by atoms with van der Waals surface area (Å²) >= 11 is 1.56. The first-order chi connectivity index (χ1) is 13.2. The molecule has 1 fully saturated rings. The molecular weight excluding hydrogens is 358 g/mol. The molecule has 140 valence electrons. The molecule has 0 spiro atoms. The molecule has 27 heavy (non-hydrogen) atoms. The lowest BCUT2D eigenvalue weighted by Crippen LogP contribution is -2.40. The summed E-state index contributed by atoms with van der Waals surface area (Å²) in [4.78, 5) is 15.0. The lowest BCUT2D eigenvalue weighted by Gasteiger charge is -2.31. The van der Waals surface area contributed by atoms with Crippen LogP contribution in [0.15, 0.2) is 48.8 Å². The van der Waals surface area contributed by atoms with Crippen LogP contribution in [0.2, 0.25) is 0 Å². The molecule has 2 aromatic heterocycles. The SMILES string of the molecule is CCc1ccccc1NC(=O)[C@H]1CCCN(c2nnc(-n3cccc3)s2)C1. The Kier molecular flexibility index (Phi) is 5.20. The van der Waals surface area contributed by atoms with Crippen LogP contribution in [-0.2, 0) is 11.2 Å². The lowest BCUT2D eigenvalue weighted by atomic mass is 9.97. The van der Waals surface area contributed by atoms with Crippen LogP contribution < -0.4 is 10.2 Å². The van der Waals surface area contributed by atoms with E-state index in [1.54, 1.807) is 11.3 Å². The molecule has 7 heteroatoms. The van der Waals surface area contributed by atoms with Crippen LogP contribution in [0.1, 0.15) is 25.3 Å². The van der Waals surface area contributed by atoms with Gasteiger partial charge in [0, 0.05) is 31.2 Å². The minimum atomic E-state index is -0.0393. The van der Waals surface area contributed by atoms with Gasteiger partial charge in [0.05, 0.1) is 5.92 Å². The van der Waals surface area contributed by atoms with Gasteiger partial charge in [-0.3, -0.25) is 9.36 Å². The number of benzene rings is 1. The highest BCUT2D eigenvalue weighted by Gasteiger charge is 2.28. The van der Waals surface area contributed by atoms with Crippen molar-refractivity contribution in [3.8, 4) is 5.13 Å². The van der Waals surface area contributed by atoms with E-state index in [0.29, 0.717) is 6.54 Å².